The van der Waals surface area contributed by atoms with Gasteiger partial charge in [-0.1, -0.05) is 38.5 Å². The highest BCUT2D eigenvalue weighted by Crippen LogP contribution is 2.35. The van der Waals surface area contributed by atoms with Crippen molar-refractivity contribution >= 4 is 45.8 Å². The number of carbonyl (C=O) groups excluding carboxylic acids is 3. The van der Waals surface area contributed by atoms with Crippen molar-refractivity contribution in [3.63, 3.8) is 0 Å². The topological polar surface area (TPSA) is 84.6 Å². The Morgan fingerprint density at radius 2 is 2.03 bits per heavy atom. The summed E-state index contributed by atoms with van der Waals surface area (Å²) in [5.74, 6) is 0.303. The molecular formula is C25H27N3O4S. The van der Waals surface area contributed by atoms with Crippen LogP contribution in [0.5, 0.6) is 0 Å². The molecule has 1 aliphatic rings. The predicted octanol–water partition coefficient (Wildman–Crippen LogP) is 4.95. The first kappa shape index (κ1) is 22.9. The molecule has 0 bridgehead atoms. The van der Waals surface area contributed by atoms with E-state index in [4.69, 9.17) is 4.42 Å². The fraction of sp³-hybridized carbons (Fsp3) is 0.320. The molecule has 3 heterocycles. The van der Waals surface area contributed by atoms with Crippen LogP contribution in [-0.4, -0.2) is 33.1 Å². The summed E-state index contributed by atoms with van der Waals surface area (Å²) in [5.41, 5.74) is 2.90. The number of para-hydroxylation sites is 1. The van der Waals surface area contributed by atoms with Gasteiger partial charge in [0.2, 0.25) is 5.91 Å². The van der Waals surface area contributed by atoms with Gasteiger partial charge in [-0.2, -0.15) is 0 Å². The van der Waals surface area contributed by atoms with E-state index in [1.165, 1.54) is 4.90 Å². The fourth-order valence-electron chi connectivity index (χ4n) is 3.95. The third-order valence-electron chi connectivity index (χ3n) is 5.64. The molecule has 172 valence electrons. The number of benzene rings is 1. The van der Waals surface area contributed by atoms with E-state index in [1.807, 2.05) is 42.0 Å². The van der Waals surface area contributed by atoms with Crippen molar-refractivity contribution < 1.29 is 18.8 Å². The summed E-state index contributed by atoms with van der Waals surface area (Å²) >= 11 is 0.975. The second kappa shape index (κ2) is 10.1. The Hall–Kier alpha value is -3.26. The van der Waals surface area contributed by atoms with Crippen LogP contribution in [-0.2, 0) is 29.1 Å². The quantitative estimate of drug-likeness (QED) is 0.452. The van der Waals surface area contributed by atoms with E-state index in [9.17, 15) is 14.4 Å². The molecule has 0 spiro atoms. The molecule has 33 heavy (non-hydrogen) atoms. The van der Waals surface area contributed by atoms with Crippen LogP contribution in [0.2, 0.25) is 0 Å². The molecule has 3 aromatic rings. The lowest BCUT2D eigenvalue weighted by molar-refractivity contribution is -0.123. The number of aromatic nitrogens is 1. The number of carbonyl (C=O) groups is 3. The van der Waals surface area contributed by atoms with Crippen LogP contribution in [0.25, 0.3) is 17.0 Å². The van der Waals surface area contributed by atoms with Crippen LogP contribution < -0.4 is 5.32 Å². The lowest BCUT2D eigenvalue weighted by Gasteiger charge is -2.10. The Bertz CT molecular complexity index is 1210. The van der Waals surface area contributed by atoms with Crippen LogP contribution in [0.1, 0.15) is 43.6 Å². The minimum Gasteiger partial charge on any atom is -0.467 e. The van der Waals surface area contributed by atoms with E-state index in [0.29, 0.717) is 23.8 Å². The van der Waals surface area contributed by atoms with E-state index >= 15 is 0 Å². The molecule has 0 saturated carbocycles. The smallest absolute Gasteiger partial charge is 0.293 e. The highest BCUT2D eigenvalue weighted by atomic mass is 32.2. The number of amides is 3. The predicted molar refractivity (Wildman–Crippen MR) is 129 cm³/mol. The van der Waals surface area contributed by atoms with E-state index < -0.39 is 0 Å². The third-order valence-corrected chi connectivity index (χ3v) is 6.55. The molecule has 0 unspecified atom stereocenters. The molecule has 1 saturated heterocycles. The van der Waals surface area contributed by atoms with Crippen LogP contribution in [0.3, 0.4) is 0 Å². The number of aryl methyl sites for hydroxylation is 1. The van der Waals surface area contributed by atoms with Crippen LogP contribution in [0, 0.1) is 0 Å². The number of imide groups is 1. The normalized spacial score (nSPS) is 15.2. The molecule has 1 N–H and O–H groups in total. The summed E-state index contributed by atoms with van der Waals surface area (Å²) in [5, 5.41) is 3.60. The maximum atomic E-state index is 12.8. The number of nitrogens with zero attached hydrogens (tertiary/aromatic N) is 2. The minimum absolute atomic E-state index is 0.138. The van der Waals surface area contributed by atoms with Crippen molar-refractivity contribution in [2.24, 2.45) is 0 Å². The highest BCUT2D eigenvalue weighted by molar-refractivity contribution is 8.18. The van der Waals surface area contributed by atoms with Gasteiger partial charge in [0.05, 0.1) is 23.2 Å². The van der Waals surface area contributed by atoms with E-state index in [0.717, 1.165) is 53.1 Å². The number of hydrogen-bond donors (Lipinski definition) is 1. The Kier molecular flexibility index (Phi) is 7.03. The summed E-state index contributed by atoms with van der Waals surface area (Å²) in [6, 6.07) is 9.60. The summed E-state index contributed by atoms with van der Waals surface area (Å²) in [6.07, 6.45) is 7.74. The summed E-state index contributed by atoms with van der Waals surface area (Å²) in [6.45, 7) is 5.00. The number of thioether (sulfide) groups is 1. The van der Waals surface area contributed by atoms with Crippen molar-refractivity contribution in [1.29, 1.82) is 0 Å². The highest BCUT2D eigenvalue weighted by Gasteiger charge is 2.34. The number of rotatable bonds is 9. The molecule has 8 heteroatoms. The van der Waals surface area contributed by atoms with Gasteiger partial charge in [0.15, 0.2) is 0 Å². The average molecular weight is 466 g/mol. The molecule has 3 amide bonds. The average Bonchev–Trinajstić information content (AvgIpc) is 3.51. The van der Waals surface area contributed by atoms with Gasteiger partial charge in [0.1, 0.15) is 12.3 Å². The first-order valence-electron chi connectivity index (χ1n) is 11.2. The Balaban J connectivity index is 1.63. The summed E-state index contributed by atoms with van der Waals surface area (Å²) in [7, 11) is 0. The molecule has 7 nitrogen and oxygen atoms in total. The van der Waals surface area contributed by atoms with E-state index in [-0.39, 0.29) is 23.6 Å². The monoisotopic (exact) mass is 465 g/mol. The second-order valence-electron chi connectivity index (χ2n) is 7.92. The Morgan fingerprint density at radius 1 is 1.18 bits per heavy atom. The van der Waals surface area contributed by atoms with E-state index in [2.05, 4.69) is 12.2 Å². The molecule has 0 atom stereocenters. The van der Waals surface area contributed by atoms with E-state index in [1.54, 1.807) is 18.4 Å². The van der Waals surface area contributed by atoms with Gasteiger partial charge in [0.25, 0.3) is 11.1 Å². The van der Waals surface area contributed by atoms with Gasteiger partial charge in [-0.3, -0.25) is 19.3 Å². The molecule has 0 radical (unpaired) electrons. The second-order valence-corrected chi connectivity index (χ2v) is 8.92. The summed E-state index contributed by atoms with van der Waals surface area (Å²) in [4.78, 5) is 39.5. The Labute approximate surface area is 196 Å². The molecule has 2 aromatic heterocycles. The minimum atomic E-state index is -0.248. The lowest BCUT2D eigenvalue weighted by Crippen LogP contribution is -2.29. The molecular weight excluding hydrogens is 438 g/mol. The number of furan rings is 1. The molecule has 1 aliphatic heterocycles. The van der Waals surface area contributed by atoms with Gasteiger partial charge in [-0.15, -0.1) is 0 Å². The first-order valence-corrected chi connectivity index (χ1v) is 12.0. The maximum absolute atomic E-state index is 12.8. The number of hydrogen-bond acceptors (Lipinski definition) is 5. The molecule has 1 fully saturated rings. The van der Waals surface area contributed by atoms with Crippen molar-refractivity contribution in [1.82, 2.24) is 14.8 Å². The van der Waals surface area contributed by atoms with Gasteiger partial charge in [-0.05, 0) is 48.4 Å². The Morgan fingerprint density at radius 3 is 2.76 bits per heavy atom. The molecule has 0 aliphatic carbocycles. The number of unbranched alkanes of at least 4 members (excludes halogenated alkanes) is 1. The zero-order chi connectivity index (χ0) is 23.4. The van der Waals surface area contributed by atoms with Crippen LogP contribution in [0.15, 0.2) is 52.1 Å². The number of fused-ring (bicyclic) bond motifs is 1. The van der Waals surface area contributed by atoms with Crippen molar-refractivity contribution in [2.45, 2.75) is 46.2 Å². The zero-order valence-corrected chi connectivity index (χ0v) is 19.6. The molecule has 1 aromatic carbocycles. The van der Waals surface area contributed by atoms with Crippen LogP contribution in [0.4, 0.5) is 4.79 Å². The maximum Gasteiger partial charge on any atom is 0.293 e. The van der Waals surface area contributed by atoms with Crippen molar-refractivity contribution in [3.05, 3.63) is 64.6 Å². The van der Waals surface area contributed by atoms with Crippen molar-refractivity contribution in [3.8, 4) is 0 Å². The zero-order valence-electron chi connectivity index (χ0n) is 18.8. The lowest BCUT2D eigenvalue weighted by atomic mass is 10.1. The van der Waals surface area contributed by atoms with Gasteiger partial charge in [-0.25, -0.2) is 0 Å². The van der Waals surface area contributed by atoms with Crippen molar-refractivity contribution in [2.75, 3.05) is 6.54 Å². The third kappa shape index (κ3) is 4.90. The van der Waals surface area contributed by atoms with Gasteiger partial charge >= 0.3 is 0 Å². The van der Waals surface area contributed by atoms with Gasteiger partial charge in [0, 0.05) is 23.7 Å². The standard InChI is InChI=1S/C25H27N3O4S/c1-3-5-11-28-24(30)21(33-25(28)31)13-18-15-27(23-17(4-2)8-6-10-20(18)23)16-22(29)26-14-19-9-7-12-32-19/h6-10,12-13,15H,3-5,11,14,16H2,1-2H3,(H,26,29)/b21-13-. The van der Waals surface area contributed by atoms with Crippen LogP contribution >= 0.6 is 11.8 Å². The first-order chi connectivity index (χ1) is 16.0. The van der Waals surface area contributed by atoms with Gasteiger partial charge < -0.3 is 14.3 Å². The molecule has 4 rings (SSSR count). The number of nitrogens with one attached hydrogen (secondary N) is 1. The summed E-state index contributed by atoms with van der Waals surface area (Å²) < 4.78 is 7.19. The fourth-order valence-corrected chi connectivity index (χ4v) is 4.81. The largest absolute Gasteiger partial charge is 0.467 e. The SMILES string of the molecule is CCCCN1C(=O)S/C(=C\c2cn(CC(=O)NCc3ccco3)c3c(CC)cccc23)C1=O.